The Bertz CT molecular complexity index is 695. The van der Waals surface area contributed by atoms with Crippen LogP contribution >= 0.6 is 0 Å². The molecule has 0 radical (unpaired) electrons. The van der Waals surface area contributed by atoms with Crippen LogP contribution in [0.1, 0.15) is 25.8 Å². The highest BCUT2D eigenvalue weighted by Gasteiger charge is 2.09. The predicted octanol–water partition coefficient (Wildman–Crippen LogP) is 0.639. The number of carbonyl (C=O) groups is 2. The molecule has 0 saturated heterocycles. The lowest BCUT2D eigenvalue weighted by molar-refractivity contribution is -0.121. The van der Waals surface area contributed by atoms with Gasteiger partial charge in [0, 0.05) is 25.1 Å². The van der Waals surface area contributed by atoms with Gasteiger partial charge in [0.05, 0.1) is 4.90 Å². The van der Waals surface area contributed by atoms with Crippen molar-refractivity contribution in [1.29, 1.82) is 0 Å². The first-order chi connectivity index (χ1) is 11.2. The molecule has 1 aromatic carbocycles. The Hall–Kier alpha value is -2.19. The molecule has 0 bridgehead atoms. The van der Waals surface area contributed by atoms with E-state index in [-0.39, 0.29) is 35.7 Å². The number of benzene rings is 1. The van der Waals surface area contributed by atoms with Crippen LogP contribution in [0.3, 0.4) is 0 Å². The maximum Gasteiger partial charge on any atom is 0.244 e. The van der Waals surface area contributed by atoms with Crippen LogP contribution in [0.25, 0.3) is 6.08 Å². The minimum absolute atomic E-state index is 0.0720. The van der Waals surface area contributed by atoms with E-state index in [9.17, 15) is 18.0 Å². The number of hydrogen-bond donors (Lipinski definition) is 3. The maximum absolute atomic E-state index is 11.7. The fraction of sp³-hybridized carbons (Fsp3) is 0.375. The summed E-state index contributed by atoms with van der Waals surface area (Å²) in [6.45, 7) is 3.99. The zero-order chi connectivity index (χ0) is 18.2. The molecule has 0 unspecified atom stereocenters. The minimum Gasteiger partial charge on any atom is -0.354 e. The smallest absolute Gasteiger partial charge is 0.244 e. The van der Waals surface area contributed by atoms with Crippen LogP contribution < -0.4 is 15.4 Å². The molecular weight excluding hydrogens is 330 g/mol. The Morgan fingerprint density at radius 3 is 2.33 bits per heavy atom. The lowest BCUT2D eigenvalue weighted by Gasteiger charge is -2.08. The molecular formula is C16H23N3O4S. The lowest BCUT2D eigenvalue weighted by atomic mass is 10.2. The van der Waals surface area contributed by atoms with Gasteiger partial charge in [-0.05, 0) is 44.7 Å². The zero-order valence-electron chi connectivity index (χ0n) is 14.0. The van der Waals surface area contributed by atoms with Crippen LogP contribution in [0.4, 0.5) is 0 Å². The highest BCUT2D eigenvalue weighted by molar-refractivity contribution is 7.89. The summed E-state index contributed by atoms with van der Waals surface area (Å²) in [5.74, 6) is -0.435. The number of amides is 2. The maximum atomic E-state index is 11.7. The average molecular weight is 353 g/mol. The Morgan fingerprint density at radius 2 is 1.79 bits per heavy atom. The van der Waals surface area contributed by atoms with E-state index >= 15 is 0 Å². The second-order valence-corrected chi connectivity index (χ2v) is 7.26. The molecule has 0 saturated carbocycles. The van der Waals surface area contributed by atoms with Gasteiger partial charge in [-0.2, -0.15) is 0 Å². The van der Waals surface area contributed by atoms with E-state index in [1.165, 1.54) is 25.3 Å². The van der Waals surface area contributed by atoms with Crippen molar-refractivity contribution in [1.82, 2.24) is 15.4 Å². The summed E-state index contributed by atoms with van der Waals surface area (Å²) in [7, 11) is -2.12. The third kappa shape index (κ3) is 6.93. The molecule has 0 atom stereocenters. The second-order valence-electron chi connectivity index (χ2n) is 5.37. The second kappa shape index (κ2) is 9.19. The van der Waals surface area contributed by atoms with Crippen LogP contribution in [-0.4, -0.2) is 39.9 Å². The summed E-state index contributed by atoms with van der Waals surface area (Å²) in [4.78, 5) is 23.2. The lowest BCUT2D eigenvalue weighted by Crippen LogP contribution is -2.33. The van der Waals surface area contributed by atoms with Crippen molar-refractivity contribution in [3.05, 3.63) is 35.9 Å². The van der Waals surface area contributed by atoms with Gasteiger partial charge in [0.15, 0.2) is 0 Å². The first-order valence-electron chi connectivity index (χ1n) is 7.53. The van der Waals surface area contributed by atoms with Crippen LogP contribution in [0.2, 0.25) is 0 Å². The Kier molecular flexibility index (Phi) is 7.60. The zero-order valence-corrected chi connectivity index (χ0v) is 14.8. The summed E-state index contributed by atoms with van der Waals surface area (Å²) < 4.78 is 25.4. The van der Waals surface area contributed by atoms with E-state index in [0.29, 0.717) is 5.56 Å². The van der Waals surface area contributed by atoms with Crippen molar-refractivity contribution in [2.75, 3.05) is 13.6 Å². The summed E-state index contributed by atoms with van der Waals surface area (Å²) >= 11 is 0. The molecule has 0 fully saturated rings. The third-order valence-corrected chi connectivity index (χ3v) is 4.42. The molecule has 0 aliphatic carbocycles. The van der Waals surface area contributed by atoms with Crippen molar-refractivity contribution < 1.29 is 18.0 Å². The van der Waals surface area contributed by atoms with E-state index in [2.05, 4.69) is 15.4 Å². The van der Waals surface area contributed by atoms with Gasteiger partial charge in [-0.25, -0.2) is 13.1 Å². The first-order valence-corrected chi connectivity index (χ1v) is 9.02. The fourth-order valence-corrected chi connectivity index (χ4v) is 2.53. The van der Waals surface area contributed by atoms with Crippen molar-refractivity contribution >= 4 is 27.9 Å². The number of nitrogens with one attached hydrogen (secondary N) is 3. The van der Waals surface area contributed by atoms with E-state index < -0.39 is 10.0 Å². The first kappa shape index (κ1) is 19.9. The third-order valence-electron chi connectivity index (χ3n) is 2.99. The van der Waals surface area contributed by atoms with Crippen molar-refractivity contribution in [3.63, 3.8) is 0 Å². The van der Waals surface area contributed by atoms with Crippen LogP contribution in [-0.2, 0) is 19.6 Å². The quantitative estimate of drug-likeness (QED) is 0.597. The molecule has 24 heavy (non-hydrogen) atoms. The van der Waals surface area contributed by atoms with Crippen LogP contribution in [0.15, 0.2) is 35.2 Å². The highest BCUT2D eigenvalue weighted by Crippen LogP contribution is 2.11. The van der Waals surface area contributed by atoms with Gasteiger partial charge in [0.25, 0.3) is 0 Å². The van der Waals surface area contributed by atoms with E-state index in [1.54, 1.807) is 18.2 Å². The van der Waals surface area contributed by atoms with Crippen LogP contribution in [0, 0.1) is 0 Å². The summed E-state index contributed by atoms with van der Waals surface area (Å²) in [6, 6.07) is 6.19. The van der Waals surface area contributed by atoms with Gasteiger partial charge in [-0.15, -0.1) is 0 Å². The molecule has 0 aliphatic rings. The molecule has 0 aliphatic heterocycles. The normalized spacial score (nSPS) is 11.7. The SMILES string of the molecule is CNS(=O)(=O)c1ccc(/C=C/C(=O)NCCC(=O)NC(C)C)cc1. The van der Waals surface area contributed by atoms with Gasteiger partial charge >= 0.3 is 0 Å². The minimum atomic E-state index is -3.47. The van der Waals surface area contributed by atoms with Crippen molar-refractivity contribution in [2.45, 2.75) is 31.2 Å². The molecule has 3 N–H and O–H groups in total. The highest BCUT2D eigenvalue weighted by atomic mass is 32.2. The number of hydrogen-bond acceptors (Lipinski definition) is 4. The van der Waals surface area contributed by atoms with E-state index in [1.807, 2.05) is 13.8 Å². The molecule has 132 valence electrons. The van der Waals surface area contributed by atoms with Gasteiger partial charge in [0.2, 0.25) is 21.8 Å². The van der Waals surface area contributed by atoms with Gasteiger partial charge < -0.3 is 10.6 Å². The molecule has 7 nitrogen and oxygen atoms in total. The molecule has 2 amide bonds. The number of rotatable bonds is 8. The standard InChI is InChI=1S/C16H23N3O4S/c1-12(2)19-16(21)10-11-18-15(20)9-6-13-4-7-14(8-5-13)24(22,23)17-3/h4-9,12,17H,10-11H2,1-3H3,(H,18,20)(H,19,21)/b9-6+. The van der Waals surface area contributed by atoms with Crippen LogP contribution in [0.5, 0.6) is 0 Å². The topological polar surface area (TPSA) is 104 Å². The van der Waals surface area contributed by atoms with E-state index in [0.717, 1.165) is 0 Å². The molecule has 1 aromatic rings. The summed E-state index contributed by atoms with van der Waals surface area (Å²) in [5.41, 5.74) is 0.692. The monoisotopic (exact) mass is 353 g/mol. The van der Waals surface area contributed by atoms with Crippen molar-refractivity contribution in [3.8, 4) is 0 Å². The Morgan fingerprint density at radius 1 is 1.17 bits per heavy atom. The largest absolute Gasteiger partial charge is 0.354 e. The van der Waals surface area contributed by atoms with Crippen molar-refractivity contribution in [2.24, 2.45) is 0 Å². The predicted molar refractivity (Wildman–Crippen MR) is 92.6 cm³/mol. The van der Waals surface area contributed by atoms with Gasteiger partial charge in [0.1, 0.15) is 0 Å². The molecule has 0 heterocycles. The van der Waals surface area contributed by atoms with Gasteiger partial charge in [-0.3, -0.25) is 9.59 Å². The molecule has 8 heteroatoms. The Balaban J connectivity index is 2.48. The molecule has 1 rings (SSSR count). The molecule has 0 spiro atoms. The Labute approximate surface area is 142 Å². The van der Waals surface area contributed by atoms with E-state index in [4.69, 9.17) is 0 Å². The summed E-state index contributed by atoms with van der Waals surface area (Å²) in [6.07, 6.45) is 3.12. The number of sulfonamides is 1. The molecule has 0 aromatic heterocycles. The van der Waals surface area contributed by atoms with Gasteiger partial charge in [-0.1, -0.05) is 12.1 Å². The fourth-order valence-electron chi connectivity index (χ4n) is 1.80. The average Bonchev–Trinajstić information content (AvgIpc) is 2.52. The number of carbonyl (C=O) groups excluding carboxylic acids is 2. The summed E-state index contributed by atoms with van der Waals surface area (Å²) in [5, 5.41) is 5.34.